The van der Waals surface area contributed by atoms with Gasteiger partial charge in [-0.15, -0.1) is 0 Å². The predicted molar refractivity (Wildman–Crippen MR) is 87.3 cm³/mol. The average Bonchev–Trinajstić information content (AvgIpc) is 3.08. The molecule has 2 heterocycles. The molecule has 0 aliphatic carbocycles. The molecule has 110 valence electrons. The minimum Gasteiger partial charge on any atom is -0.501 e. The van der Waals surface area contributed by atoms with Gasteiger partial charge in [0.1, 0.15) is 0 Å². The van der Waals surface area contributed by atoms with Crippen LogP contribution in [0.5, 0.6) is 0 Å². The first-order valence-electron chi connectivity index (χ1n) is 6.37. The van der Waals surface area contributed by atoms with E-state index in [0.29, 0.717) is 31.9 Å². The Morgan fingerprint density at radius 3 is 3.30 bits per heavy atom. The van der Waals surface area contributed by atoms with E-state index in [0.717, 1.165) is 12.0 Å². The molecule has 1 aliphatic rings. The molecule has 2 unspecified atom stereocenters. The molecule has 8 heteroatoms. The van der Waals surface area contributed by atoms with Crippen LogP contribution in [0, 0.1) is 0 Å². The SMILES string of the molecule is CCO/C=C/c1cn(PI)nc1C(=O)NC1CCOC1. The third-order valence-corrected chi connectivity index (χ3v) is 4.70. The van der Waals surface area contributed by atoms with Gasteiger partial charge in [0.05, 0.1) is 31.9 Å². The van der Waals surface area contributed by atoms with E-state index in [1.54, 1.807) is 16.8 Å². The Kier molecular flexibility index (Phi) is 6.25. The van der Waals surface area contributed by atoms with Crippen LogP contribution < -0.4 is 5.32 Å². The Labute approximate surface area is 132 Å². The Balaban J connectivity index is 2.11. The quantitative estimate of drug-likeness (QED) is 0.445. The number of carbonyl (C=O) groups is 1. The minimum absolute atomic E-state index is 0.0819. The zero-order valence-electron chi connectivity index (χ0n) is 11.1. The lowest BCUT2D eigenvalue weighted by atomic mass is 10.2. The molecule has 2 rings (SSSR count). The summed E-state index contributed by atoms with van der Waals surface area (Å²) >= 11 is 2.22. The molecule has 1 saturated heterocycles. The third kappa shape index (κ3) is 4.17. The molecule has 2 atom stereocenters. The highest BCUT2D eigenvalue weighted by Gasteiger charge is 2.22. The van der Waals surface area contributed by atoms with Crippen molar-refractivity contribution in [3.8, 4) is 0 Å². The monoisotopic (exact) mass is 409 g/mol. The van der Waals surface area contributed by atoms with E-state index in [1.807, 2.05) is 13.1 Å². The molecular formula is C12H17IN3O3P. The maximum atomic E-state index is 12.3. The number of ether oxygens (including phenoxy) is 2. The van der Waals surface area contributed by atoms with Gasteiger partial charge < -0.3 is 14.8 Å². The van der Waals surface area contributed by atoms with Gasteiger partial charge in [-0.1, -0.05) is 0 Å². The van der Waals surface area contributed by atoms with Gasteiger partial charge >= 0.3 is 0 Å². The molecule has 20 heavy (non-hydrogen) atoms. The van der Waals surface area contributed by atoms with Gasteiger partial charge in [-0.05, 0) is 41.5 Å². The summed E-state index contributed by atoms with van der Waals surface area (Å²) in [6.45, 7) is 3.78. The molecule has 1 aromatic heterocycles. The first-order valence-corrected chi connectivity index (χ1v) is 10.4. The van der Waals surface area contributed by atoms with Crippen molar-refractivity contribution in [3.63, 3.8) is 0 Å². The zero-order valence-corrected chi connectivity index (χ0v) is 14.3. The second-order valence-corrected chi connectivity index (χ2v) is 6.33. The van der Waals surface area contributed by atoms with Gasteiger partial charge in [-0.3, -0.25) is 4.79 Å². The summed E-state index contributed by atoms with van der Waals surface area (Å²) in [5.74, 6) is -0.162. The summed E-state index contributed by atoms with van der Waals surface area (Å²) in [6.07, 6.45) is 6.51. The summed E-state index contributed by atoms with van der Waals surface area (Å²) in [7, 11) is 0. The number of nitrogens with one attached hydrogen (secondary N) is 1. The second kappa shape index (κ2) is 7.95. The maximum Gasteiger partial charge on any atom is 0.272 e. The molecule has 1 aromatic rings. The Morgan fingerprint density at radius 2 is 2.65 bits per heavy atom. The number of aromatic nitrogens is 2. The Morgan fingerprint density at radius 1 is 1.80 bits per heavy atom. The predicted octanol–water partition coefficient (Wildman–Crippen LogP) is 2.20. The number of hydrogen-bond donors (Lipinski definition) is 1. The fourth-order valence-corrected chi connectivity index (χ4v) is 2.92. The molecule has 0 saturated carbocycles. The van der Waals surface area contributed by atoms with E-state index in [4.69, 9.17) is 9.47 Å². The first kappa shape index (κ1) is 15.7. The Bertz CT molecular complexity index is 486. The number of halogens is 1. The number of hydrogen-bond acceptors (Lipinski definition) is 4. The van der Waals surface area contributed by atoms with Crippen molar-refractivity contribution in [2.24, 2.45) is 0 Å². The highest BCUT2D eigenvalue weighted by atomic mass is 127. The maximum absolute atomic E-state index is 12.3. The van der Waals surface area contributed by atoms with Crippen molar-refractivity contribution < 1.29 is 14.3 Å². The second-order valence-electron chi connectivity index (χ2n) is 4.25. The summed E-state index contributed by atoms with van der Waals surface area (Å²) in [4.78, 5) is 12.3. The van der Waals surface area contributed by atoms with E-state index < -0.39 is 0 Å². The molecule has 1 N–H and O–H groups in total. The molecule has 6 nitrogen and oxygen atoms in total. The summed E-state index contributed by atoms with van der Waals surface area (Å²) < 4.78 is 12.2. The van der Waals surface area contributed by atoms with E-state index in [-0.39, 0.29) is 11.9 Å². The van der Waals surface area contributed by atoms with E-state index in [2.05, 4.69) is 32.5 Å². The highest BCUT2D eigenvalue weighted by Crippen LogP contribution is 2.25. The summed E-state index contributed by atoms with van der Waals surface area (Å²) in [6, 6.07) is 0.0819. The molecular weight excluding hydrogens is 392 g/mol. The number of amides is 1. The lowest BCUT2D eigenvalue weighted by Crippen LogP contribution is -2.35. The van der Waals surface area contributed by atoms with Gasteiger partial charge in [0, 0.05) is 18.4 Å². The van der Waals surface area contributed by atoms with Crippen molar-refractivity contribution >= 4 is 40.4 Å². The summed E-state index contributed by atoms with van der Waals surface area (Å²) in [5, 5.41) is 7.26. The molecule has 0 bridgehead atoms. The van der Waals surface area contributed by atoms with Crippen LogP contribution in [0.3, 0.4) is 0 Å². The van der Waals surface area contributed by atoms with Crippen molar-refractivity contribution in [1.82, 2.24) is 14.9 Å². The fraction of sp³-hybridized carbons (Fsp3) is 0.500. The lowest BCUT2D eigenvalue weighted by Gasteiger charge is -2.09. The molecule has 1 amide bonds. The fourth-order valence-electron chi connectivity index (χ4n) is 1.85. The van der Waals surface area contributed by atoms with Crippen LogP contribution in [0.2, 0.25) is 0 Å². The van der Waals surface area contributed by atoms with Crippen LogP contribution in [0.15, 0.2) is 12.5 Å². The van der Waals surface area contributed by atoms with Crippen LogP contribution in [0.25, 0.3) is 6.08 Å². The number of carbonyl (C=O) groups excluding carboxylic acids is 1. The van der Waals surface area contributed by atoms with Crippen LogP contribution in [-0.4, -0.2) is 41.3 Å². The minimum atomic E-state index is -0.162. The third-order valence-electron chi connectivity index (χ3n) is 2.82. The van der Waals surface area contributed by atoms with Crippen molar-refractivity contribution in [3.05, 3.63) is 23.7 Å². The van der Waals surface area contributed by atoms with E-state index >= 15 is 0 Å². The zero-order chi connectivity index (χ0) is 14.4. The summed E-state index contributed by atoms with van der Waals surface area (Å²) in [5.41, 5.74) is 1.19. The van der Waals surface area contributed by atoms with Crippen LogP contribution in [0.1, 0.15) is 29.4 Å². The van der Waals surface area contributed by atoms with Gasteiger partial charge in [0.25, 0.3) is 5.91 Å². The molecule has 0 aromatic carbocycles. The van der Waals surface area contributed by atoms with Crippen LogP contribution in [-0.2, 0) is 9.47 Å². The molecule has 1 fully saturated rings. The number of rotatable bonds is 6. The van der Waals surface area contributed by atoms with Crippen molar-refractivity contribution in [2.45, 2.75) is 19.4 Å². The lowest BCUT2D eigenvalue weighted by molar-refractivity contribution is 0.0924. The standard InChI is InChI=1S/C12H17IN3O3P/c1-2-18-5-3-9-7-16(20-13)15-11(9)12(17)14-10-4-6-19-8-10/h3,5,7,10,20H,2,4,6,8H2,1H3,(H,14,17)/b5-3+. The van der Waals surface area contributed by atoms with Gasteiger partial charge in [0.15, 0.2) is 5.69 Å². The first-order chi connectivity index (χ1) is 9.74. The number of nitrogens with zero attached hydrogens (tertiary/aromatic N) is 2. The molecule has 0 spiro atoms. The van der Waals surface area contributed by atoms with Gasteiger partial charge in [-0.25, -0.2) is 4.45 Å². The molecule has 0 radical (unpaired) electrons. The van der Waals surface area contributed by atoms with Gasteiger partial charge in [0.2, 0.25) is 0 Å². The van der Waals surface area contributed by atoms with E-state index in [1.165, 1.54) is 0 Å². The van der Waals surface area contributed by atoms with Crippen LogP contribution >= 0.6 is 28.4 Å². The van der Waals surface area contributed by atoms with Crippen molar-refractivity contribution in [1.29, 1.82) is 0 Å². The molecule has 1 aliphatic heterocycles. The largest absolute Gasteiger partial charge is 0.501 e. The van der Waals surface area contributed by atoms with Crippen LogP contribution in [0.4, 0.5) is 0 Å². The highest BCUT2D eigenvalue weighted by molar-refractivity contribution is 14.2. The van der Waals surface area contributed by atoms with Gasteiger partial charge in [-0.2, -0.15) is 5.10 Å². The normalized spacial score (nSPS) is 19.2. The van der Waals surface area contributed by atoms with Crippen molar-refractivity contribution in [2.75, 3.05) is 19.8 Å². The van der Waals surface area contributed by atoms with E-state index in [9.17, 15) is 4.79 Å². The average molecular weight is 409 g/mol. The Hall–Kier alpha value is -0.660. The topological polar surface area (TPSA) is 65.4 Å². The smallest absolute Gasteiger partial charge is 0.272 e.